The lowest BCUT2D eigenvalue weighted by Crippen LogP contribution is -2.26. The Morgan fingerprint density at radius 2 is 1.51 bits per heavy atom. The van der Waals surface area contributed by atoms with Crippen LogP contribution in [0.4, 0.5) is 10.5 Å². The van der Waals surface area contributed by atoms with Gasteiger partial charge in [-0.05, 0) is 64.7 Å². The molecule has 0 saturated carbocycles. The number of para-hydroxylation sites is 1. The molecule has 0 fully saturated rings. The van der Waals surface area contributed by atoms with Gasteiger partial charge in [-0.3, -0.25) is 4.79 Å². The Kier molecular flexibility index (Phi) is 10.2. The smallest absolute Gasteiger partial charge is 0.407 e. The SMILES string of the molecule is O=C(Cc1ccc(Oc2ccc3cc(OCCCNC(=O)OCc4ccccc4)ccc3c2)nc1)Nc1ccccc1C(=O)O. The number of aromatic carboxylic acids is 1. The van der Waals surface area contributed by atoms with Crippen LogP contribution in [0.5, 0.6) is 17.4 Å². The number of hydrogen-bond acceptors (Lipinski definition) is 7. The van der Waals surface area contributed by atoms with Crippen LogP contribution in [0.1, 0.15) is 27.9 Å². The quantitative estimate of drug-likeness (QED) is 0.128. The van der Waals surface area contributed by atoms with Crippen molar-refractivity contribution in [3.63, 3.8) is 0 Å². The number of fused-ring (bicyclic) bond motifs is 1. The van der Waals surface area contributed by atoms with E-state index in [1.807, 2.05) is 66.7 Å². The van der Waals surface area contributed by atoms with Crippen molar-refractivity contribution in [3.05, 3.63) is 126 Å². The van der Waals surface area contributed by atoms with E-state index in [0.29, 0.717) is 36.8 Å². The second kappa shape index (κ2) is 15.0. The van der Waals surface area contributed by atoms with E-state index >= 15 is 0 Å². The molecule has 4 aromatic carbocycles. The Labute approximate surface area is 259 Å². The second-order valence-corrected chi connectivity index (χ2v) is 10.0. The maximum atomic E-state index is 12.5. The van der Waals surface area contributed by atoms with Gasteiger partial charge in [0.05, 0.1) is 24.3 Å². The van der Waals surface area contributed by atoms with Gasteiger partial charge in [0.25, 0.3) is 0 Å². The molecule has 45 heavy (non-hydrogen) atoms. The molecule has 3 N–H and O–H groups in total. The lowest BCUT2D eigenvalue weighted by molar-refractivity contribution is -0.115. The van der Waals surface area contributed by atoms with E-state index in [2.05, 4.69) is 15.6 Å². The number of anilines is 1. The third-order valence-corrected chi connectivity index (χ3v) is 6.67. The fourth-order valence-electron chi connectivity index (χ4n) is 4.44. The summed E-state index contributed by atoms with van der Waals surface area (Å²) in [6.07, 6.45) is 1.74. The van der Waals surface area contributed by atoms with Gasteiger partial charge in [-0.15, -0.1) is 0 Å². The molecule has 0 aliphatic carbocycles. The fourth-order valence-corrected chi connectivity index (χ4v) is 4.44. The van der Waals surface area contributed by atoms with Crippen molar-refractivity contribution in [1.29, 1.82) is 0 Å². The highest BCUT2D eigenvalue weighted by Crippen LogP contribution is 2.27. The molecule has 0 saturated heterocycles. The number of nitrogens with zero attached hydrogens (tertiary/aromatic N) is 1. The van der Waals surface area contributed by atoms with Gasteiger partial charge < -0.3 is 30.0 Å². The van der Waals surface area contributed by atoms with E-state index in [1.54, 1.807) is 36.5 Å². The molecule has 0 atom stereocenters. The Balaban J connectivity index is 1.06. The molecule has 5 rings (SSSR count). The van der Waals surface area contributed by atoms with Crippen LogP contribution in [0, 0.1) is 0 Å². The van der Waals surface area contributed by atoms with Crippen molar-refractivity contribution in [3.8, 4) is 17.4 Å². The minimum absolute atomic E-state index is 0.0234. The molecule has 1 heterocycles. The Morgan fingerprint density at radius 3 is 2.27 bits per heavy atom. The van der Waals surface area contributed by atoms with Crippen molar-refractivity contribution < 1.29 is 33.7 Å². The topological polar surface area (TPSA) is 136 Å². The maximum absolute atomic E-state index is 12.5. The lowest BCUT2D eigenvalue weighted by Gasteiger charge is -2.10. The van der Waals surface area contributed by atoms with Crippen LogP contribution in [0.2, 0.25) is 0 Å². The Bertz CT molecular complexity index is 1780. The number of carbonyl (C=O) groups excluding carboxylic acids is 2. The number of benzene rings is 4. The molecule has 0 spiro atoms. The molecular weight excluding hydrogens is 574 g/mol. The number of nitrogens with one attached hydrogen (secondary N) is 2. The van der Waals surface area contributed by atoms with Gasteiger partial charge in [0.15, 0.2) is 0 Å². The first-order valence-corrected chi connectivity index (χ1v) is 14.3. The normalized spacial score (nSPS) is 10.6. The molecule has 0 aliphatic rings. The van der Waals surface area contributed by atoms with Crippen molar-refractivity contribution in [2.75, 3.05) is 18.5 Å². The molecule has 0 radical (unpaired) electrons. The zero-order chi connectivity index (χ0) is 31.4. The van der Waals surface area contributed by atoms with Crippen LogP contribution in [0.25, 0.3) is 10.8 Å². The predicted octanol–water partition coefficient (Wildman–Crippen LogP) is 6.60. The average molecular weight is 606 g/mol. The summed E-state index contributed by atoms with van der Waals surface area (Å²) in [6, 6.07) is 30.6. The maximum Gasteiger partial charge on any atom is 0.407 e. The van der Waals surface area contributed by atoms with Crippen LogP contribution in [0.3, 0.4) is 0 Å². The number of carbonyl (C=O) groups is 3. The summed E-state index contributed by atoms with van der Waals surface area (Å²) in [6.45, 7) is 1.10. The van der Waals surface area contributed by atoms with Gasteiger partial charge in [0.2, 0.25) is 11.8 Å². The molecule has 10 nitrogen and oxygen atoms in total. The zero-order valence-electron chi connectivity index (χ0n) is 24.3. The van der Waals surface area contributed by atoms with E-state index < -0.39 is 12.1 Å². The lowest BCUT2D eigenvalue weighted by atomic mass is 10.1. The summed E-state index contributed by atoms with van der Waals surface area (Å²) in [4.78, 5) is 40.0. The second-order valence-electron chi connectivity index (χ2n) is 10.0. The summed E-state index contributed by atoms with van der Waals surface area (Å²) in [5.74, 6) is 0.220. The van der Waals surface area contributed by atoms with E-state index in [0.717, 1.165) is 22.1 Å². The van der Waals surface area contributed by atoms with Crippen molar-refractivity contribution in [2.45, 2.75) is 19.4 Å². The van der Waals surface area contributed by atoms with Crippen LogP contribution in [-0.2, 0) is 22.6 Å². The van der Waals surface area contributed by atoms with Crippen LogP contribution in [0.15, 0.2) is 109 Å². The summed E-state index contributed by atoms with van der Waals surface area (Å²) in [5.41, 5.74) is 1.84. The summed E-state index contributed by atoms with van der Waals surface area (Å²) in [7, 11) is 0. The van der Waals surface area contributed by atoms with Crippen LogP contribution < -0.4 is 20.1 Å². The van der Waals surface area contributed by atoms with Crippen molar-refractivity contribution in [1.82, 2.24) is 10.3 Å². The highest BCUT2D eigenvalue weighted by Gasteiger charge is 2.12. The van der Waals surface area contributed by atoms with Crippen LogP contribution >= 0.6 is 0 Å². The molecule has 0 unspecified atom stereocenters. The number of rotatable bonds is 13. The number of carboxylic acid groups (broad SMARTS) is 1. The predicted molar refractivity (Wildman–Crippen MR) is 169 cm³/mol. The van der Waals surface area contributed by atoms with Gasteiger partial charge in [-0.25, -0.2) is 14.6 Å². The Hall–Kier alpha value is -5.90. The molecule has 5 aromatic rings. The molecule has 2 amide bonds. The van der Waals surface area contributed by atoms with E-state index in [1.165, 1.54) is 6.07 Å². The first kappa shape index (κ1) is 30.6. The number of hydrogen-bond donors (Lipinski definition) is 3. The van der Waals surface area contributed by atoms with E-state index in [9.17, 15) is 19.5 Å². The molecule has 0 bridgehead atoms. The van der Waals surface area contributed by atoms with Gasteiger partial charge in [-0.1, -0.05) is 60.7 Å². The first-order valence-electron chi connectivity index (χ1n) is 14.3. The van der Waals surface area contributed by atoms with Gasteiger partial charge >= 0.3 is 12.1 Å². The number of carboxylic acids is 1. The minimum atomic E-state index is -1.11. The Morgan fingerprint density at radius 1 is 0.778 bits per heavy atom. The molecule has 228 valence electrons. The highest BCUT2D eigenvalue weighted by molar-refractivity contribution is 6.01. The number of pyridine rings is 1. The first-order chi connectivity index (χ1) is 21.9. The summed E-state index contributed by atoms with van der Waals surface area (Å²) < 4.78 is 17.0. The number of ether oxygens (including phenoxy) is 3. The molecule has 1 aromatic heterocycles. The van der Waals surface area contributed by atoms with Crippen LogP contribution in [-0.4, -0.2) is 41.2 Å². The third-order valence-electron chi connectivity index (χ3n) is 6.67. The summed E-state index contributed by atoms with van der Waals surface area (Å²) >= 11 is 0. The van der Waals surface area contributed by atoms with E-state index in [4.69, 9.17) is 14.2 Å². The number of amides is 2. The number of alkyl carbamates (subject to hydrolysis) is 1. The standard InChI is InChI=1S/C35H31N3O7/c39-32(38-31-10-5-4-9-30(31)34(40)41)19-25-11-16-33(37-22-25)45-29-15-13-26-20-28(14-12-27(26)21-29)43-18-6-17-36-35(42)44-23-24-7-2-1-3-8-24/h1-5,7-16,20-22H,6,17-19,23H2,(H,36,42)(H,38,39)(H,40,41). The van der Waals surface area contributed by atoms with Gasteiger partial charge in [-0.2, -0.15) is 0 Å². The van der Waals surface area contributed by atoms with Gasteiger partial charge in [0, 0.05) is 18.8 Å². The largest absolute Gasteiger partial charge is 0.494 e. The zero-order valence-corrected chi connectivity index (χ0v) is 24.3. The van der Waals surface area contributed by atoms with E-state index in [-0.39, 0.29) is 30.2 Å². The summed E-state index contributed by atoms with van der Waals surface area (Å²) in [5, 5.41) is 16.6. The number of aromatic nitrogens is 1. The monoisotopic (exact) mass is 605 g/mol. The third kappa shape index (κ3) is 9.04. The molecule has 10 heteroatoms. The highest BCUT2D eigenvalue weighted by atomic mass is 16.5. The molecular formula is C35H31N3O7. The minimum Gasteiger partial charge on any atom is -0.494 e. The molecule has 0 aliphatic heterocycles. The van der Waals surface area contributed by atoms with Gasteiger partial charge in [0.1, 0.15) is 18.1 Å². The fraction of sp³-hybridized carbons (Fsp3) is 0.143. The van der Waals surface area contributed by atoms with Crippen molar-refractivity contribution >= 4 is 34.4 Å². The average Bonchev–Trinajstić information content (AvgIpc) is 3.05. The van der Waals surface area contributed by atoms with Crippen molar-refractivity contribution in [2.24, 2.45) is 0 Å².